The fourth-order valence-corrected chi connectivity index (χ4v) is 3.72. The average Bonchev–Trinajstić information content (AvgIpc) is 3.04. The van der Waals surface area contributed by atoms with Crippen LogP contribution in [-0.4, -0.2) is 74.0 Å². The maximum absolute atomic E-state index is 11.6. The quantitative estimate of drug-likeness (QED) is 0.377. The Bertz CT molecular complexity index is 418. The van der Waals surface area contributed by atoms with Gasteiger partial charge < -0.3 is 20.4 Å². The van der Waals surface area contributed by atoms with Crippen LogP contribution in [0, 0.1) is 5.92 Å². The van der Waals surface area contributed by atoms with Crippen LogP contribution in [0.2, 0.25) is 0 Å². The number of amides is 1. The van der Waals surface area contributed by atoms with Crippen molar-refractivity contribution in [3.8, 4) is 0 Å². The largest absolute Gasteiger partial charge is 0.357 e. The zero-order valence-corrected chi connectivity index (χ0v) is 16.2. The average molecular weight is 352 g/mol. The Hall–Kier alpha value is -1.30. The Morgan fingerprint density at radius 2 is 2.00 bits per heavy atom. The molecule has 2 aliphatic rings. The highest BCUT2D eigenvalue weighted by atomic mass is 16.2. The Labute approximate surface area is 153 Å². The molecule has 0 aromatic heterocycles. The number of nitrogens with one attached hydrogen (secondary N) is 2. The number of likely N-dealkylation sites (tertiary alicyclic amines) is 2. The molecule has 0 aromatic carbocycles. The Morgan fingerprint density at radius 1 is 1.20 bits per heavy atom. The normalized spacial score (nSPS) is 20.3. The molecule has 2 heterocycles. The second kappa shape index (κ2) is 11.3. The van der Waals surface area contributed by atoms with Gasteiger partial charge in [0, 0.05) is 39.1 Å². The third-order valence-corrected chi connectivity index (χ3v) is 5.37. The number of hydrogen-bond acceptors (Lipinski definition) is 3. The van der Waals surface area contributed by atoms with E-state index in [1.165, 1.54) is 38.9 Å². The van der Waals surface area contributed by atoms with Crippen LogP contribution in [0.5, 0.6) is 0 Å². The molecule has 0 radical (unpaired) electrons. The van der Waals surface area contributed by atoms with Crippen LogP contribution in [0.15, 0.2) is 4.99 Å². The number of nitrogens with zero attached hydrogens (tertiary/aromatic N) is 3. The molecule has 2 rings (SSSR count). The van der Waals surface area contributed by atoms with Crippen LogP contribution in [0.3, 0.4) is 0 Å². The summed E-state index contributed by atoms with van der Waals surface area (Å²) < 4.78 is 0. The molecule has 2 fully saturated rings. The number of hydrogen-bond donors (Lipinski definition) is 2. The first kappa shape index (κ1) is 20.0. The van der Waals surface area contributed by atoms with Crippen molar-refractivity contribution in [1.29, 1.82) is 0 Å². The van der Waals surface area contributed by atoms with E-state index in [1.54, 1.807) is 0 Å². The maximum atomic E-state index is 11.6. The summed E-state index contributed by atoms with van der Waals surface area (Å²) in [4.78, 5) is 20.8. The molecule has 0 aromatic rings. The molecule has 0 bridgehead atoms. The van der Waals surface area contributed by atoms with E-state index in [2.05, 4.69) is 34.4 Å². The Morgan fingerprint density at radius 3 is 2.64 bits per heavy atom. The van der Waals surface area contributed by atoms with Gasteiger partial charge in [-0.2, -0.15) is 0 Å². The molecule has 25 heavy (non-hydrogen) atoms. The molecule has 1 amide bonds. The van der Waals surface area contributed by atoms with Crippen molar-refractivity contribution in [3.63, 3.8) is 0 Å². The zero-order valence-electron chi connectivity index (χ0n) is 16.2. The van der Waals surface area contributed by atoms with E-state index in [9.17, 15) is 4.79 Å². The van der Waals surface area contributed by atoms with Gasteiger partial charge in [-0.05, 0) is 64.6 Å². The second-order valence-corrected chi connectivity index (χ2v) is 7.19. The van der Waals surface area contributed by atoms with Crippen molar-refractivity contribution in [2.45, 2.75) is 52.4 Å². The summed E-state index contributed by atoms with van der Waals surface area (Å²) in [6.07, 6.45) is 6.57. The van der Waals surface area contributed by atoms with Crippen molar-refractivity contribution >= 4 is 11.9 Å². The van der Waals surface area contributed by atoms with Gasteiger partial charge in [-0.1, -0.05) is 6.92 Å². The molecule has 2 N–H and O–H groups in total. The van der Waals surface area contributed by atoms with Gasteiger partial charge in [0.05, 0.1) is 0 Å². The molecule has 0 aliphatic carbocycles. The highest BCUT2D eigenvalue weighted by molar-refractivity contribution is 5.79. The van der Waals surface area contributed by atoms with Gasteiger partial charge in [-0.15, -0.1) is 0 Å². The lowest BCUT2D eigenvalue weighted by Gasteiger charge is -2.31. The van der Waals surface area contributed by atoms with Crippen LogP contribution < -0.4 is 10.6 Å². The topological polar surface area (TPSA) is 60.0 Å². The van der Waals surface area contributed by atoms with Crippen molar-refractivity contribution in [2.24, 2.45) is 10.9 Å². The molecule has 144 valence electrons. The number of carbonyl (C=O) groups is 1. The minimum atomic E-state index is 0.308. The summed E-state index contributed by atoms with van der Waals surface area (Å²) in [5, 5.41) is 6.80. The number of piperidine rings is 1. The number of rotatable bonds is 9. The third kappa shape index (κ3) is 7.22. The summed E-state index contributed by atoms with van der Waals surface area (Å²) in [5.74, 6) is 2.07. The Balaban J connectivity index is 1.61. The van der Waals surface area contributed by atoms with E-state index < -0.39 is 0 Å². The van der Waals surface area contributed by atoms with Gasteiger partial charge in [0.2, 0.25) is 5.91 Å². The minimum Gasteiger partial charge on any atom is -0.357 e. The van der Waals surface area contributed by atoms with Crippen LogP contribution in [0.25, 0.3) is 0 Å². The number of carbonyl (C=O) groups excluding carboxylic acids is 1. The highest BCUT2D eigenvalue weighted by Crippen LogP contribution is 2.19. The molecular formula is C19H37N5O. The van der Waals surface area contributed by atoms with Crippen molar-refractivity contribution in [2.75, 3.05) is 52.4 Å². The fourth-order valence-electron chi connectivity index (χ4n) is 3.72. The first-order chi connectivity index (χ1) is 12.2. The van der Waals surface area contributed by atoms with E-state index in [0.29, 0.717) is 5.91 Å². The number of guanidine groups is 1. The van der Waals surface area contributed by atoms with E-state index in [-0.39, 0.29) is 0 Å². The van der Waals surface area contributed by atoms with E-state index in [1.807, 2.05) is 4.90 Å². The molecular weight excluding hydrogens is 314 g/mol. The SMILES string of the molecule is CCNC(=NCCCN1CCCC1=O)NCCC1CCN(CC)CC1. The van der Waals surface area contributed by atoms with E-state index in [0.717, 1.165) is 63.9 Å². The van der Waals surface area contributed by atoms with Gasteiger partial charge in [0.1, 0.15) is 0 Å². The summed E-state index contributed by atoms with van der Waals surface area (Å²) in [6.45, 7) is 12.5. The van der Waals surface area contributed by atoms with Gasteiger partial charge in [0.15, 0.2) is 5.96 Å². The molecule has 2 aliphatic heterocycles. The van der Waals surface area contributed by atoms with Crippen LogP contribution in [0.1, 0.15) is 52.4 Å². The van der Waals surface area contributed by atoms with E-state index >= 15 is 0 Å². The van der Waals surface area contributed by atoms with Gasteiger partial charge in [0.25, 0.3) is 0 Å². The van der Waals surface area contributed by atoms with E-state index in [4.69, 9.17) is 0 Å². The molecule has 6 nitrogen and oxygen atoms in total. The lowest BCUT2D eigenvalue weighted by Crippen LogP contribution is -2.39. The van der Waals surface area contributed by atoms with Crippen molar-refractivity contribution in [3.05, 3.63) is 0 Å². The molecule has 2 saturated heterocycles. The van der Waals surface area contributed by atoms with Crippen molar-refractivity contribution < 1.29 is 4.79 Å². The Kier molecular flexibility index (Phi) is 9.08. The lowest BCUT2D eigenvalue weighted by atomic mass is 9.93. The molecule has 0 saturated carbocycles. The fraction of sp³-hybridized carbons (Fsp3) is 0.895. The van der Waals surface area contributed by atoms with Crippen LogP contribution in [0.4, 0.5) is 0 Å². The predicted octanol–water partition coefficient (Wildman–Crippen LogP) is 1.68. The summed E-state index contributed by atoms with van der Waals surface area (Å²) in [5.41, 5.74) is 0. The van der Waals surface area contributed by atoms with Gasteiger partial charge in [-0.25, -0.2) is 0 Å². The molecule has 6 heteroatoms. The van der Waals surface area contributed by atoms with Crippen LogP contribution in [-0.2, 0) is 4.79 Å². The van der Waals surface area contributed by atoms with Crippen LogP contribution >= 0.6 is 0 Å². The second-order valence-electron chi connectivity index (χ2n) is 7.19. The predicted molar refractivity (Wildman–Crippen MR) is 104 cm³/mol. The molecule has 0 spiro atoms. The third-order valence-electron chi connectivity index (χ3n) is 5.37. The summed E-state index contributed by atoms with van der Waals surface area (Å²) in [6, 6.07) is 0. The smallest absolute Gasteiger partial charge is 0.222 e. The first-order valence-electron chi connectivity index (χ1n) is 10.2. The number of aliphatic imine (C=N–C) groups is 1. The zero-order chi connectivity index (χ0) is 17.9. The maximum Gasteiger partial charge on any atom is 0.222 e. The minimum absolute atomic E-state index is 0.308. The summed E-state index contributed by atoms with van der Waals surface area (Å²) >= 11 is 0. The van der Waals surface area contributed by atoms with Gasteiger partial charge >= 0.3 is 0 Å². The lowest BCUT2D eigenvalue weighted by molar-refractivity contribution is -0.127. The highest BCUT2D eigenvalue weighted by Gasteiger charge is 2.19. The first-order valence-corrected chi connectivity index (χ1v) is 10.2. The molecule has 0 atom stereocenters. The monoisotopic (exact) mass is 351 g/mol. The van der Waals surface area contributed by atoms with Gasteiger partial charge in [-0.3, -0.25) is 9.79 Å². The standard InChI is InChI=1S/C19H37N5O/c1-3-20-19(21-11-6-14-24-13-5-7-18(24)25)22-12-8-17-9-15-23(4-2)16-10-17/h17H,3-16H2,1-2H3,(H2,20,21,22). The molecule has 0 unspecified atom stereocenters. The van der Waals surface area contributed by atoms with Crippen molar-refractivity contribution in [1.82, 2.24) is 20.4 Å². The summed E-state index contributed by atoms with van der Waals surface area (Å²) in [7, 11) is 0.